The molecule has 3 rings (SSSR count). The Kier molecular flexibility index (Phi) is 8.54. The Morgan fingerprint density at radius 3 is 2.37 bits per heavy atom. The van der Waals surface area contributed by atoms with Gasteiger partial charge in [-0.2, -0.15) is 5.10 Å². The molecule has 1 aromatic carbocycles. The van der Waals surface area contributed by atoms with E-state index in [1.165, 1.54) is 6.92 Å². The van der Waals surface area contributed by atoms with Crippen LogP contribution in [-0.4, -0.2) is 37.1 Å². The van der Waals surface area contributed by atoms with Gasteiger partial charge in [0.2, 0.25) is 0 Å². The van der Waals surface area contributed by atoms with Gasteiger partial charge in [0.05, 0.1) is 5.52 Å². The molecule has 0 amide bonds. The molecule has 0 unspecified atom stereocenters. The van der Waals surface area contributed by atoms with E-state index in [9.17, 15) is 9.59 Å². The number of ether oxygens (including phenoxy) is 1. The molecule has 7 nitrogen and oxygen atoms in total. The number of ketones is 1. The summed E-state index contributed by atoms with van der Waals surface area (Å²) in [5.74, 6) is 0.165. The molecule has 186 valence electrons. The van der Waals surface area contributed by atoms with Crippen LogP contribution in [0, 0.1) is 6.92 Å². The normalized spacial score (nSPS) is 11.6. The number of carbonyl (C=O) groups excluding carboxylic acids is 2. The van der Waals surface area contributed by atoms with E-state index in [1.807, 2.05) is 39.8 Å². The Balaban J connectivity index is 2.06. The molecule has 0 aliphatic heterocycles. The summed E-state index contributed by atoms with van der Waals surface area (Å²) >= 11 is 0. The van der Waals surface area contributed by atoms with Crippen molar-refractivity contribution in [3.05, 3.63) is 54.3 Å². The van der Waals surface area contributed by atoms with Crippen molar-refractivity contribution in [1.29, 1.82) is 0 Å². The van der Waals surface area contributed by atoms with Crippen LogP contribution in [0.4, 0.5) is 0 Å². The lowest BCUT2D eigenvalue weighted by Crippen LogP contribution is -2.27. The predicted molar refractivity (Wildman–Crippen MR) is 138 cm³/mol. The van der Waals surface area contributed by atoms with Crippen LogP contribution >= 0.6 is 0 Å². The minimum absolute atomic E-state index is 0.0552. The van der Waals surface area contributed by atoms with Crippen LogP contribution in [0.15, 0.2) is 37.2 Å². The summed E-state index contributed by atoms with van der Waals surface area (Å²) in [6.07, 6.45) is 11.7. The van der Waals surface area contributed by atoms with Crippen molar-refractivity contribution < 1.29 is 14.3 Å². The average Bonchev–Trinajstić information content (AvgIpc) is 3.13. The zero-order chi connectivity index (χ0) is 25.6. The molecule has 0 atom stereocenters. The standard InChI is InChI=1S/C28H36N4O3/c1-7-8-9-10-11-12-13-21-14-22(23-16-29-20(3)30-17-23)15-24-26(19(2)33)31-32(27(21)24)18-25(34)35-28(4,5)6/h7,14-17H,1,8-13,18H2,2-6H3. The van der Waals surface area contributed by atoms with Crippen LogP contribution in [0.1, 0.15) is 81.7 Å². The third-order valence-electron chi connectivity index (χ3n) is 5.67. The Morgan fingerprint density at radius 1 is 1.06 bits per heavy atom. The lowest BCUT2D eigenvalue weighted by molar-refractivity contribution is -0.155. The largest absolute Gasteiger partial charge is 0.459 e. The number of Topliss-reactive ketones (excluding diaryl/α,β-unsaturated/α-hetero) is 1. The number of esters is 1. The molecular formula is C28H36N4O3. The topological polar surface area (TPSA) is 87.0 Å². The Bertz CT molecular complexity index is 1200. The molecule has 0 radical (unpaired) electrons. The highest BCUT2D eigenvalue weighted by molar-refractivity contribution is 6.07. The molecule has 0 saturated carbocycles. The maximum atomic E-state index is 12.7. The van der Waals surface area contributed by atoms with Crippen LogP contribution in [0.3, 0.4) is 0 Å². The fraction of sp³-hybridized carbons (Fsp3) is 0.464. The van der Waals surface area contributed by atoms with Crippen molar-refractivity contribution in [1.82, 2.24) is 19.7 Å². The summed E-state index contributed by atoms with van der Waals surface area (Å²) in [4.78, 5) is 33.9. The number of fused-ring (bicyclic) bond motifs is 1. The highest BCUT2D eigenvalue weighted by Crippen LogP contribution is 2.31. The third kappa shape index (κ3) is 7.07. The van der Waals surface area contributed by atoms with Gasteiger partial charge in [-0.15, -0.1) is 6.58 Å². The summed E-state index contributed by atoms with van der Waals surface area (Å²) < 4.78 is 7.16. The van der Waals surface area contributed by atoms with Crippen molar-refractivity contribution in [3.63, 3.8) is 0 Å². The van der Waals surface area contributed by atoms with Crippen molar-refractivity contribution in [3.8, 4) is 11.1 Å². The van der Waals surface area contributed by atoms with Gasteiger partial charge in [0.15, 0.2) is 5.78 Å². The van der Waals surface area contributed by atoms with E-state index >= 15 is 0 Å². The van der Waals surface area contributed by atoms with Crippen molar-refractivity contribution in [2.24, 2.45) is 0 Å². The molecule has 2 heterocycles. The predicted octanol–water partition coefficient (Wildman–Crippen LogP) is 6.03. The van der Waals surface area contributed by atoms with Crippen LogP contribution in [-0.2, 0) is 22.5 Å². The van der Waals surface area contributed by atoms with E-state index in [-0.39, 0.29) is 18.3 Å². The van der Waals surface area contributed by atoms with Gasteiger partial charge in [0.25, 0.3) is 0 Å². The monoisotopic (exact) mass is 476 g/mol. The minimum Gasteiger partial charge on any atom is -0.459 e. The number of benzene rings is 1. The summed E-state index contributed by atoms with van der Waals surface area (Å²) in [6.45, 7) is 12.6. The lowest BCUT2D eigenvalue weighted by atomic mass is 9.96. The Morgan fingerprint density at radius 2 is 1.74 bits per heavy atom. The highest BCUT2D eigenvalue weighted by Gasteiger charge is 2.23. The summed E-state index contributed by atoms with van der Waals surface area (Å²) in [5.41, 5.74) is 3.41. The van der Waals surface area contributed by atoms with Gasteiger partial charge in [-0.25, -0.2) is 9.97 Å². The Labute approximate surface area is 207 Å². The maximum Gasteiger partial charge on any atom is 0.328 e. The van der Waals surface area contributed by atoms with Gasteiger partial charge < -0.3 is 4.74 Å². The number of aromatic nitrogens is 4. The van der Waals surface area contributed by atoms with Gasteiger partial charge in [-0.1, -0.05) is 18.9 Å². The lowest BCUT2D eigenvalue weighted by Gasteiger charge is -2.19. The molecular weight excluding hydrogens is 440 g/mol. The van der Waals surface area contributed by atoms with Crippen LogP contribution < -0.4 is 0 Å². The summed E-state index contributed by atoms with van der Waals surface area (Å²) in [5, 5.41) is 5.30. The number of hydrogen-bond acceptors (Lipinski definition) is 6. The first-order valence-corrected chi connectivity index (χ1v) is 12.2. The van der Waals surface area contributed by atoms with Crippen LogP contribution in [0.2, 0.25) is 0 Å². The SMILES string of the molecule is C=CCCCCCCc1cc(-c2cnc(C)nc2)cc2c(C(C)=O)nn(CC(=O)OC(C)(C)C)c12. The quantitative estimate of drug-likeness (QED) is 0.145. The van der Waals surface area contributed by atoms with Gasteiger partial charge in [-0.05, 0) is 76.6 Å². The number of carbonyl (C=O) groups is 2. The van der Waals surface area contributed by atoms with E-state index in [4.69, 9.17) is 4.74 Å². The van der Waals surface area contributed by atoms with Crippen LogP contribution in [0.25, 0.3) is 22.0 Å². The second-order valence-corrected chi connectivity index (χ2v) is 9.94. The first-order valence-electron chi connectivity index (χ1n) is 12.2. The first-order chi connectivity index (χ1) is 16.6. The molecule has 0 fully saturated rings. The number of hydrogen-bond donors (Lipinski definition) is 0. The molecule has 0 N–H and O–H groups in total. The molecule has 35 heavy (non-hydrogen) atoms. The molecule has 0 bridgehead atoms. The summed E-state index contributed by atoms with van der Waals surface area (Å²) in [7, 11) is 0. The number of rotatable bonds is 11. The van der Waals surface area contributed by atoms with E-state index in [1.54, 1.807) is 17.1 Å². The molecule has 7 heteroatoms. The molecule has 2 aromatic heterocycles. The zero-order valence-corrected chi connectivity index (χ0v) is 21.6. The first kappa shape index (κ1) is 26.3. The van der Waals surface area contributed by atoms with Crippen molar-refractivity contribution in [2.75, 3.05) is 0 Å². The van der Waals surface area contributed by atoms with Crippen LogP contribution in [0.5, 0.6) is 0 Å². The average molecular weight is 477 g/mol. The molecule has 0 aliphatic carbocycles. The fourth-order valence-corrected chi connectivity index (χ4v) is 4.13. The number of allylic oxidation sites excluding steroid dienone is 1. The van der Waals surface area contributed by atoms with E-state index in [0.717, 1.165) is 66.1 Å². The van der Waals surface area contributed by atoms with Gasteiger partial charge >= 0.3 is 5.97 Å². The summed E-state index contributed by atoms with van der Waals surface area (Å²) in [6, 6.07) is 4.06. The second-order valence-electron chi connectivity index (χ2n) is 9.94. The second kappa shape index (κ2) is 11.4. The Hall–Kier alpha value is -3.35. The molecule has 3 aromatic rings. The smallest absolute Gasteiger partial charge is 0.328 e. The number of unbranched alkanes of at least 4 members (excludes halogenated alkanes) is 4. The fourth-order valence-electron chi connectivity index (χ4n) is 4.13. The molecule has 0 aliphatic rings. The van der Waals surface area contributed by atoms with E-state index in [2.05, 4.69) is 27.7 Å². The molecule has 0 saturated heterocycles. The van der Waals surface area contributed by atoms with Gasteiger partial charge in [-0.3, -0.25) is 14.3 Å². The highest BCUT2D eigenvalue weighted by atomic mass is 16.6. The third-order valence-corrected chi connectivity index (χ3v) is 5.67. The van der Waals surface area contributed by atoms with Gasteiger partial charge in [0, 0.05) is 30.3 Å². The molecule has 0 spiro atoms. The number of nitrogens with zero attached hydrogens (tertiary/aromatic N) is 4. The minimum atomic E-state index is -0.601. The van der Waals surface area contributed by atoms with Gasteiger partial charge in [0.1, 0.15) is 23.7 Å². The van der Waals surface area contributed by atoms with E-state index in [0.29, 0.717) is 11.5 Å². The number of aryl methyl sites for hydroxylation is 2. The van der Waals surface area contributed by atoms with E-state index < -0.39 is 5.60 Å². The van der Waals surface area contributed by atoms with Crippen molar-refractivity contribution in [2.45, 2.75) is 85.3 Å². The van der Waals surface area contributed by atoms with Crippen molar-refractivity contribution >= 4 is 22.7 Å². The maximum absolute atomic E-state index is 12.7. The zero-order valence-electron chi connectivity index (χ0n) is 21.6.